The summed E-state index contributed by atoms with van der Waals surface area (Å²) in [5.74, 6) is 0.368. The summed E-state index contributed by atoms with van der Waals surface area (Å²) in [5, 5.41) is 1.42. The number of rotatable bonds is 3. The van der Waals surface area contributed by atoms with Crippen LogP contribution in [0, 0.1) is 0 Å². The van der Waals surface area contributed by atoms with Crippen molar-refractivity contribution in [3.05, 3.63) is 23.2 Å². The number of aromatic amines is 1. The van der Waals surface area contributed by atoms with Crippen LogP contribution in [0.5, 0.6) is 0 Å². The minimum absolute atomic E-state index is 0.368. The van der Waals surface area contributed by atoms with Crippen molar-refractivity contribution in [2.75, 3.05) is 6.54 Å². The second kappa shape index (κ2) is 4.16. The number of nitrogens with one attached hydrogen (secondary N) is 1. The molecule has 0 amide bonds. The Morgan fingerprint density at radius 1 is 1.53 bits per heavy atom. The first-order chi connectivity index (χ1) is 7.24. The van der Waals surface area contributed by atoms with Crippen LogP contribution in [0.15, 0.2) is 12.5 Å². The van der Waals surface area contributed by atoms with Crippen molar-refractivity contribution in [3.8, 4) is 0 Å². The highest BCUT2D eigenvalue weighted by molar-refractivity contribution is 6.34. The van der Waals surface area contributed by atoms with Crippen LogP contribution < -0.4 is 5.73 Å². The number of hydrogen-bond acceptors (Lipinski definition) is 3. The van der Waals surface area contributed by atoms with Gasteiger partial charge in [0.25, 0.3) is 0 Å². The molecule has 0 saturated carbocycles. The van der Waals surface area contributed by atoms with Crippen LogP contribution in [0.3, 0.4) is 0 Å². The van der Waals surface area contributed by atoms with Gasteiger partial charge < -0.3 is 10.7 Å². The van der Waals surface area contributed by atoms with E-state index >= 15 is 0 Å². The summed E-state index contributed by atoms with van der Waals surface area (Å²) < 4.78 is 0. The van der Waals surface area contributed by atoms with E-state index in [9.17, 15) is 0 Å². The molecule has 0 aliphatic rings. The molecule has 80 valence electrons. The fourth-order valence-corrected chi connectivity index (χ4v) is 1.98. The maximum Gasteiger partial charge on any atom is 0.142 e. The third kappa shape index (κ3) is 1.82. The molecule has 2 aromatic rings. The fraction of sp³-hybridized carbons (Fsp3) is 0.400. The van der Waals surface area contributed by atoms with Crippen molar-refractivity contribution in [2.45, 2.75) is 19.3 Å². The SMILES string of the molecule is CC(CCN)c1c[nH]c2ncnc(Cl)c12. The fourth-order valence-electron chi connectivity index (χ4n) is 1.74. The van der Waals surface area contributed by atoms with Crippen LogP contribution in [0.1, 0.15) is 24.8 Å². The highest BCUT2D eigenvalue weighted by Crippen LogP contribution is 2.29. The van der Waals surface area contributed by atoms with E-state index in [1.807, 2.05) is 6.20 Å². The zero-order valence-corrected chi connectivity index (χ0v) is 9.25. The van der Waals surface area contributed by atoms with E-state index in [0.717, 1.165) is 23.0 Å². The molecule has 0 aliphatic heterocycles. The van der Waals surface area contributed by atoms with Gasteiger partial charge in [0.1, 0.15) is 17.1 Å². The van der Waals surface area contributed by atoms with Gasteiger partial charge in [-0.1, -0.05) is 18.5 Å². The molecule has 0 aromatic carbocycles. The molecule has 0 bridgehead atoms. The van der Waals surface area contributed by atoms with Crippen molar-refractivity contribution in [3.63, 3.8) is 0 Å². The van der Waals surface area contributed by atoms with E-state index in [1.54, 1.807) is 0 Å². The van der Waals surface area contributed by atoms with Gasteiger partial charge in [0.05, 0.1) is 5.39 Å². The van der Waals surface area contributed by atoms with Gasteiger partial charge in [0.15, 0.2) is 0 Å². The summed E-state index contributed by atoms with van der Waals surface area (Å²) >= 11 is 6.05. The predicted molar refractivity (Wildman–Crippen MR) is 61.0 cm³/mol. The molecule has 2 aromatic heterocycles. The van der Waals surface area contributed by atoms with E-state index in [-0.39, 0.29) is 0 Å². The molecule has 15 heavy (non-hydrogen) atoms. The Morgan fingerprint density at radius 2 is 2.33 bits per heavy atom. The van der Waals surface area contributed by atoms with Crippen LogP contribution in [0.4, 0.5) is 0 Å². The van der Waals surface area contributed by atoms with Crippen molar-refractivity contribution in [1.82, 2.24) is 15.0 Å². The average molecular weight is 225 g/mol. The Morgan fingerprint density at radius 3 is 3.07 bits per heavy atom. The number of aromatic nitrogens is 3. The molecule has 2 rings (SSSR count). The molecule has 1 unspecified atom stereocenters. The van der Waals surface area contributed by atoms with Crippen LogP contribution in [0.2, 0.25) is 5.15 Å². The highest BCUT2D eigenvalue weighted by atomic mass is 35.5. The third-order valence-corrected chi connectivity index (χ3v) is 2.87. The zero-order chi connectivity index (χ0) is 10.8. The monoisotopic (exact) mass is 224 g/mol. The first-order valence-corrected chi connectivity index (χ1v) is 5.29. The van der Waals surface area contributed by atoms with E-state index < -0.39 is 0 Å². The molecule has 0 fully saturated rings. The summed E-state index contributed by atoms with van der Waals surface area (Å²) in [6.07, 6.45) is 4.32. The molecular formula is C10H13ClN4. The van der Waals surface area contributed by atoms with Crippen LogP contribution >= 0.6 is 11.6 Å². The van der Waals surface area contributed by atoms with E-state index in [0.29, 0.717) is 17.6 Å². The van der Waals surface area contributed by atoms with Gasteiger partial charge in [-0.25, -0.2) is 9.97 Å². The van der Waals surface area contributed by atoms with E-state index in [1.165, 1.54) is 6.33 Å². The Bertz CT molecular complexity index is 465. The standard InChI is InChI=1S/C10H13ClN4/c1-6(2-3-12)7-4-13-10-8(7)9(11)14-5-15-10/h4-6H,2-3,12H2,1H3,(H,13,14,15). The largest absolute Gasteiger partial charge is 0.346 e. The lowest BCUT2D eigenvalue weighted by Gasteiger charge is -2.08. The Kier molecular flexibility index (Phi) is 2.88. The lowest BCUT2D eigenvalue weighted by molar-refractivity contribution is 0.694. The summed E-state index contributed by atoms with van der Waals surface area (Å²) in [6, 6.07) is 0. The highest BCUT2D eigenvalue weighted by Gasteiger charge is 2.14. The second-order valence-electron chi connectivity index (χ2n) is 3.61. The van der Waals surface area contributed by atoms with E-state index in [2.05, 4.69) is 21.9 Å². The molecule has 0 spiro atoms. The Hall–Kier alpha value is -1.13. The average Bonchev–Trinajstić information content (AvgIpc) is 2.63. The van der Waals surface area contributed by atoms with Gasteiger partial charge in [-0.05, 0) is 24.4 Å². The van der Waals surface area contributed by atoms with Gasteiger partial charge in [0, 0.05) is 6.20 Å². The molecule has 5 heteroatoms. The van der Waals surface area contributed by atoms with Crippen LogP contribution in [0.25, 0.3) is 11.0 Å². The smallest absolute Gasteiger partial charge is 0.142 e. The molecule has 0 radical (unpaired) electrons. The second-order valence-corrected chi connectivity index (χ2v) is 3.97. The van der Waals surface area contributed by atoms with Crippen LogP contribution in [-0.4, -0.2) is 21.5 Å². The predicted octanol–water partition coefficient (Wildman–Crippen LogP) is 2.06. The van der Waals surface area contributed by atoms with Gasteiger partial charge in [-0.15, -0.1) is 0 Å². The first kappa shape index (κ1) is 10.4. The summed E-state index contributed by atoms with van der Waals surface area (Å²) in [6.45, 7) is 2.79. The van der Waals surface area contributed by atoms with Crippen molar-refractivity contribution < 1.29 is 0 Å². The van der Waals surface area contributed by atoms with Gasteiger partial charge in [-0.3, -0.25) is 0 Å². The Balaban J connectivity index is 2.52. The maximum absolute atomic E-state index is 6.05. The van der Waals surface area contributed by atoms with Gasteiger partial charge in [-0.2, -0.15) is 0 Å². The summed E-state index contributed by atoms with van der Waals surface area (Å²) in [7, 11) is 0. The van der Waals surface area contributed by atoms with E-state index in [4.69, 9.17) is 17.3 Å². The van der Waals surface area contributed by atoms with Crippen LogP contribution in [-0.2, 0) is 0 Å². The number of nitrogens with zero attached hydrogens (tertiary/aromatic N) is 2. The Labute approximate surface area is 92.9 Å². The topological polar surface area (TPSA) is 67.6 Å². The van der Waals surface area contributed by atoms with Gasteiger partial charge >= 0.3 is 0 Å². The lowest BCUT2D eigenvalue weighted by Crippen LogP contribution is -2.04. The third-order valence-electron chi connectivity index (χ3n) is 2.58. The molecule has 1 atom stereocenters. The molecule has 2 heterocycles. The summed E-state index contributed by atoms with van der Waals surface area (Å²) in [5.41, 5.74) is 7.47. The normalized spacial score (nSPS) is 13.3. The number of nitrogens with two attached hydrogens (primary N) is 1. The minimum atomic E-state index is 0.368. The number of halogens is 1. The first-order valence-electron chi connectivity index (χ1n) is 4.91. The minimum Gasteiger partial charge on any atom is -0.346 e. The lowest BCUT2D eigenvalue weighted by atomic mass is 9.99. The number of H-pyrrole nitrogens is 1. The number of hydrogen-bond donors (Lipinski definition) is 2. The molecule has 0 saturated heterocycles. The quantitative estimate of drug-likeness (QED) is 0.785. The molecule has 0 aliphatic carbocycles. The van der Waals surface area contributed by atoms with Gasteiger partial charge in [0.2, 0.25) is 0 Å². The maximum atomic E-state index is 6.05. The zero-order valence-electron chi connectivity index (χ0n) is 8.50. The van der Waals surface area contributed by atoms with Crippen molar-refractivity contribution in [1.29, 1.82) is 0 Å². The van der Waals surface area contributed by atoms with Crippen molar-refractivity contribution >= 4 is 22.6 Å². The number of fused-ring (bicyclic) bond motifs is 1. The molecular weight excluding hydrogens is 212 g/mol. The molecule has 4 nitrogen and oxygen atoms in total. The summed E-state index contributed by atoms with van der Waals surface area (Å²) in [4.78, 5) is 11.2. The molecule has 3 N–H and O–H groups in total. The van der Waals surface area contributed by atoms with Crippen molar-refractivity contribution in [2.24, 2.45) is 5.73 Å².